The number of nitrogens with one attached hydrogen (secondary N) is 1. The highest BCUT2D eigenvalue weighted by Gasteiger charge is 2.35. The van der Waals surface area contributed by atoms with E-state index in [4.69, 9.17) is 16.3 Å². The SMILES string of the molecule is CCCc1cc(Cl)ccc1C1COc2ccc3cc2N(C1)CC1CCC1C/C=C/CN(C)C(C)(C)C(=O)NS3. The van der Waals surface area contributed by atoms with Crippen LogP contribution < -0.4 is 14.4 Å². The fourth-order valence-electron chi connectivity index (χ4n) is 5.96. The molecule has 0 saturated heterocycles. The van der Waals surface area contributed by atoms with Gasteiger partial charge in [0.2, 0.25) is 5.91 Å². The largest absolute Gasteiger partial charge is 0.491 e. The Morgan fingerprint density at radius 3 is 2.69 bits per heavy atom. The van der Waals surface area contributed by atoms with E-state index < -0.39 is 5.54 Å². The number of nitrogens with zero attached hydrogens (tertiary/aromatic N) is 2. The summed E-state index contributed by atoms with van der Waals surface area (Å²) in [5.41, 5.74) is 3.20. The highest BCUT2D eigenvalue weighted by Crippen LogP contribution is 2.43. The molecule has 0 aromatic heterocycles. The second-order valence-electron chi connectivity index (χ2n) is 11.9. The van der Waals surface area contributed by atoms with E-state index in [0.29, 0.717) is 18.4 Å². The molecule has 2 aliphatic heterocycles. The van der Waals surface area contributed by atoms with Crippen LogP contribution in [0.4, 0.5) is 5.69 Å². The molecule has 2 heterocycles. The minimum absolute atomic E-state index is 0.00357. The van der Waals surface area contributed by atoms with Gasteiger partial charge in [0, 0.05) is 35.5 Å². The summed E-state index contributed by atoms with van der Waals surface area (Å²) in [6, 6.07) is 12.7. The Balaban J connectivity index is 1.48. The third kappa shape index (κ3) is 6.28. The fourth-order valence-corrected chi connectivity index (χ4v) is 6.93. The zero-order valence-corrected chi connectivity index (χ0v) is 25.3. The van der Waals surface area contributed by atoms with Crippen LogP contribution in [0.15, 0.2) is 53.4 Å². The second kappa shape index (κ2) is 12.2. The van der Waals surface area contributed by atoms with Gasteiger partial charge >= 0.3 is 0 Å². The summed E-state index contributed by atoms with van der Waals surface area (Å²) in [7, 11) is 2.02. The standard InChI is InChI=1S/C32H42ClN3O2S/c1-5-8-23-17-26(33)12-14-28(23)25-20-36-19-24-11-10-22(24)9-6-7-16-35(4)32(2,3)31(37)34-39-27-13-15-30(38-21-25)29(36)18-27/h6-7,12-15,17-18,22,24-25H,5,8-11,16,19-21H2,1-4H3,(H,34,37)/b7-6+. The summed E-state index contributed by atoms with van der Waals surface area (Å²) in [6.45, 7) is 9.52. The lowest BCUT2D eigenvalue weighted by Crippen LogP contribution is -2.51. The molecule has 1 saturated carbocycles. The molecule has 1 N–H and O–H groups in total. The number of carbonyl (C=O) groups excluding carboxylic acids is 1. The minimum Gasteiger partial charge on any atom is -0.491 e. The van der Waals surface area contributed by atoms with Gasteiger partial charge in [0.25, 0.3) is 0 Å². The third-order valence-corrected chi connectivity index (χ3v) is 10.0. The number of rotatable bonds is 3. The maximum atomic E-state index is 13.2. The van der Waals surface area contributed by atoms with E-state index in [-0.39, 0.29) is 11.8 Å². The van der Waals surface area contributed by atoms with Crippen LogP contribution in [-0.2, 0) is 11.2 Å². The Morgan fingerprint density at radius 1 is 1.10 bits per heavy atom. The van der Waals surface area contributed by atoms with E-state index in [2.05, 4.69) is 63.9 Å². The molecule has 3 atom stereocenters. The van der Waals surface area contributed by atoms with Gasteiger partial charge in [-0.05, 0) is 112 Å². The number of halogens is 1. The molecule has 2 aromatic carbocycles. The van der Waals surface area contributed by atoms with Crippen molar-refractivity contribution < 1.29 is 9.53 Å². The van der Waals surface area contributed by atoms with Crippen LogP contribution in [0, 0.1) is 11.8 Å². The normalized spacial score (nSPS) is 26.4. The summed E-state index contributed by atoms with van der Waals surface area (Å²) in [5.74, 6) is 2.55. The Bertz CT molecular complexity index is 1220. The van der Waals surface area contributed by atoms with Gasteiger partial charge in [0.05, 0.1) is 17.8 Å². The molecule has 3 aliphatic rings. The average Bonchev–Trinajstić information content (AvgIpc) is 3.08. The number of allylic oxidation sites excluding steroid dienone is 1. The van der Waals surface area contributed by atoms with Crippen molar-refractivity contribution in [3.63, 3.8) is 0 Å². The van der Waals surface area contributed by atoms with Crippen LogP contribution in [0.2, 0.25) is 5.02 Å². The lowest BCUT2D eigenvalue weighted by atomic mass is 9.71. The van der Waals surface area contributed by atoms with E-state index >= 15 is 0 Å². The van der Waals surface area contributed by atoms with Crippen molar-refractivity contribution in [2.24, 2.45) is 11.8 Å². The number of amides is 1. The van der Waals surface area contributed by atoms with E-state index in [1.54, 1.807) is 0 Å². The molecule has 0 radical (unpaired) electrons. The van der Waals surface area contributed by atoms with Gasteiger partial charge in [0.15, 0.2) is 0 Å². The van der Waals surface area contributed by atoms with Crippen molar-refractivity contribution in [3.8, 4) is 5.75 Å². The summed E-state index contributed by atoms with van der Waals surface area (Å²) >= 11 is 7.80. The number of carbonyl (C=O) groups is 1. The van der Waals surface area contributed by atoms with E-state index in [1.165, 1.54) is 35.9 Å². The molecule has 1 amide bonds. The number of benzene rings is 2. The molecule has 3 unspecified atom stereocenters. The first-order valence-corrected chi connectivity index (χ1v) is 15.6. The van der Waals surface area contributed by atoms with Crippen molar-refractivity contribution >= 4 is 35.1 Å². The van der Waals surface area contributed by atoms with Gasteiger partial charge in [0.1, 0.15) is 5.75 Å². The predicted molar refractivity (Wildman–Crippen MR) is 163 cm³/mol. The topological polar surface area (TPSA) is 44.8 Å². The van der Waals surface area contributed by atoms with Gasteiger partial charge in [-0.1, -0.05) is 43.2 Å². The number of hydrogen-bond donors (Lipinski definition) is 1. The molecule has 2 aromatic rings. The molecule has 5 nitrogen and oxygen atoms in total. The highest BCUT2D eigenvalue weighted by atomic mass is 35.5. The lowest BCUT2D eigenvalue weighted by Gasteiger charge is -2.41. The highest BCUT2D eigenvalue weighted by molar-refractivity contribution is 7.98. The maximum absolute atomic E-state index is 13.2. The molecule has 7 heteroatoms. The number of anilines is 1. The molecule has 39 heavy (non-hydrogen) atoms. The molecule has 2 bridgehead atoms. The van der Waals surface area contributed by atoms with Gasteiger partial charge in [-0.25, -0.2) is 0 Å². The first-order chi connectivity index (χ1) is 18.8. The monoisotopic (exact) mass is 567 g/mol. The fraction of sp³-hybridized carbons (Fsp3) is 0.531. The number of likely N-dealkylation sites (N-methyl/N-ethyl adjacent to an activating group) is 1. The minimum atomic E-state index is -0.615. The van der Waals surface area contributed by atoms with Gasteiger partial charge in [-0.2, -0.15) is 0 Å². The number of ether oxygens (including phenoxy) is 1. The van der Waals surface area contributed by atoms with E-state index in [1.807, 2.05) is 27.0 Å². The third-order valence-electron chi connectivity index (χ3n) is 9.00. The Hall–Kier alpha value is -2.15. The van der Waals surface area contributed by atoms with Crippen LogP contribution >= 0.6 is 23.5 Å². The van der Waals surface area contributed by atoms with Gasteiger partial charge in [-0.3, -0.25) is 14.4 Å². The summed E-state index contributed by atoms with van der Waals surface area (Å²) in [5, 5.41) is 0.800. The van der Waals surface area contributed by atoms with Crippen molar-refractivity contribution in [1.82, 2.24) is 9.62 Å². The van der Waals surface area contributed by atoms with Crippen molar-refractivity contribution in [2.45, 2.75) is 69.2 Å². The second-order valence-corrected chi connectivity index (χ2v) is 13.2. The maximum Gasteiger partial charge on any atom is 0.250 e. The van der Waals surface area contributed by atoms with Crippen molar-refractivity contribution in [3.05, 3.63) is 64.7 Å². The van der Waals surface area contributed by atoms with Crippen molar-refractivity contribution in [1.29, 1.82) is 0 Å². The van der Waals surface area contributed by atoms with E-state index in [9.17, 15) is 4.79 Å². The number of hydrogen-bond acceptors (Lipinski definition) is 5. The summed E-state index contributed by atoms with van der Waals surface area (Å²) in [4.78, 5) is 18.8. The molecular weight excluding hydrogens is 526 g/mol. The average molecular weight is 568 g/mol. The smallest absolute Gasteiger partial charge is 0.250 e. The van der Waals surface area contributed by atoms with Crippen molar-refractivity contribution in [2.75, 3.05) is 38.2 Å². The zero-order chi connectivity index (χ0) is 27.6. The number of aryl methyl sites for hydroxylation is 1. The van der Waals surface area contributed by atoms with Crippen LogP contribution in [0.25, 0.3) is 0 Å². The van der Waals surface area contributed by atoms with E-state index in [0.717, 1.165) is 60.3 Å². The molecule has 5 rings (SSSR count). The molecule has 0 spiro atoms. The van der Waals surface area contributed by atoms with Crippen LogP contribution in [-0.4, -0.2) is 49.6 Å². The van der Waals surface area contributed by atoms with Crippen LogP contribution in [0.5, 0.6) is 5.75 Å². The zero-order valence-electron chi connectivity index (χ0n) is 23.7. The lowest BCUT2D eigenvalue weighted by molar-refractivity contribution is -0.128. The summed E-state index contributed by atoms with van der Waals surface area (Å²) in [6.07, 6.45) is 10.3. The predicted octanol–water partition coefficient (Wildman–Crippen LogP) is 7.09. The van der Waals surface area contributed by atoms with Crippen LogP contribution in [0.3, 0.4) is 0 Å². The Kier molecular flexibility index (Phi) is 8.85. The van der Waals surface area contributed by atoms with Gasteiger partial charge < -0.3 is 9.64 Å². The molecule has 1 aliphatic carbocycles. The first kappa shape index (κ1) is 28.4. The molecule has 1 fully saturated rings. The molecular formula is C32H42ClN3O2S. The Morgan fingerprint density at radius 2 is 1.92 bits per heavy atom. The first-order valence-electron chi connectivity index (χ1n) is 14.4. The Labute approximate surface area is 243 Å². The van der Waals surface area contributed by atoms with Gasteiger partial charge in [-0.15, -0.1) is 0 Å². The van der Waals surface area contributed by atoms with Crippen LogP contribution in [0.1, 0.15) is 63.5 Å². The summed E-state index contributed by atoms with van der Waals surface area (Å²) < 4.78 is 9.61. The number of fused-ring (bicyclic) bond motifs is 2. The molecule has 210 valence electrons. The quantitative estimate of drug-likeness (QED) is 0.317.